The van der Waals surface area contributed by atoms with Gasteiger partial charge in [0.25, 0.3) is 0 Å². The molecule has 3 heteroatoms. The van der Waals surface area contributed by atoms with Crippen LogP contribution in [0.25, 0.3) is 10.9 Å². The summed E-state index contributed by atoms with van der Waals surface area (Å²) in [5.74, 6) is 0. The quantitative estimate of drug-likeness (QED) is 0.864. The van der Waals surface area contributed by atoms with Crippen molar-refractivity contribution in [2.45, 2.75) is 6.42 Å². The number of hydrogen-bond acceptors (Lipinski definition) is 1. The normalized spacial score (nSPS) is 11.0. The number of hydrogen-bond donors (Lipinski definition) is 2. The number of halogens is 1. The van der Waals surface area contributed by atoms with Gasteiger partial charge in [-0.3, -0.25) is 0 Å². The molecule has 0 saturated carbocycles. The second-order valence-electron chi connectivity index (χ2n) is 3.38. The van der Waals surface area contributed by atoms with Crippen LogP contribution in [0.5, 0.6) is 0 Å². The van der Waals surface area contributed by atoms with E-state index in [9.17, 15) is 0 Å². The standard InChI is InChI=1S/C11H13BrN2/c1-13-5-4-10-6-8-2-3-9(12)7-11(8)14-10/h2-3,6-7,13-14H,4-5H2,1H3. The van der Waals surface area contributed by atoms with Gasteiger partial charge in [0.2, 0.25) is 0 Å². The van der Waals surface area contributed by atoms with Gasteiger partial charge in [0, 0.05) is 22.2 Å². The molecule has 14 heavy (non-hydrogen) atoms. The van der Waals surface area contributed by atoms with Gasteiger partial charge < -0.3 is 10.3 Å². The summed E-state index contributed by atoms with van der Waals surface area (Å²) < 4.78 is 1.12. The van der Waals surface area contributed by atoms with Crippen molar-refractivity contribution in [1.29, 1.82) is 0 Å². The Balaban J connectivity index is 2.32. The van der Waals surface area contributed by atoms with Gasteiger partial charge in [-0.15, -0.1) is 0 Å². The summed E-state index contributed by atoms with van der Waals surface area (Å²) in [5.41, 5.74) is 2.48. The lowest BCUT2D eigenvalue weighted by Crippen LogP contribution is -2.10. The summed E-state index contributed by atoms with van der Waals surface area (Å²) in [4.78, 5) is 3.40. The molecule has 0 atom stereocenters. The molecule has 0 aliphatic heterocycles. The summed E-state index contributed by atoms with van der Waals surface area (Å²) in [7, 11) is 1.97. The predicted octanol–water partition coefficient (Wildman–Crippen LogP) is 2.69. The number of rotatable bonds is 3. The molecule has 0 bridgehead atoms. The van der Waals surface area contributed by atoms with E-state index >= 15 is 0 Å². The third-order valence-corrected chi connectivity index (χ3v) is 2.78. The largest absolute Gasteiger partial charge is 0.358 e. The number of aromatic nitrogens is 1. The van der Waals surface area contributed by atoms with Gasteiger partial charge >= 0.3 is 0 Å². The Morgan fingerprint density at radius 3 is 3.00 bits per heavy atom. The molecule has 0 radical (unpaired) electrons. The number of likely N-dealkylation sites (N-methyl/N-ethyl adjacent to an activating group) is 1. The zero-order valence-electron chi connectivity index (χ0n) is 8.10. The number of H-pyrrole nitrogens is 1. The Morgan fingerprint density at radius 1 is 1.36 bits per heavy atom. The lowest BCUT2D eigenvalue weighted by Gasteiger charge is -1.94. The summed E-state index contributed by atoms with van der Waals surface area (Å²) >= 11 is 3.46. The SMILES string of the molecule is CNCCc1cc2ccc(Br)cc2[nH]1. The minimum atomic E-state index is 1.01. The van der Waals surface area contributed by atoms with Crippen LogP contribution in [0.4, 0.5) is 0 Å². The van der Waals surface area contributed by atoms with Gasteiger partial charge in [0.15, 0.2) is 0 Å². The lowest BCUT2D eigenvalue weighted by atomic mass is 10.2. The average Bonchev–Trinajstić information content (AvgIpc) is 2.56. The molecule has 0 aliphatic carbocycles. The van der Waals surface area contributed by atoms with Crippen LogP contribution in [0.3, 0.4) is 0 Å². The fourth-order valence-corrected chi connectivity index (χ4v) is 1.91. The van der Waals surface area contributed by atoms with Crippen LogP contribution in [0.1, 0.15) is 5.69 Å². The highest BCUT2D eigenvalue weighted by molar-refractivity contribution is 9.10. The monoisotopic (exact) mass is 252 g/mol. The van der Waals surface area contributed by atoms with Gasteiger partial charge in [-0.1, -0.05) is 22.0 Å². The number of nitrogens with one attached hydrogen (secondary N) is 2. The Bertz CT molecular complexity index is 434. The first kappa shape index (κ1) is 9.74. The number of aromatic amines is 1. The maximum absolute atomic E-state index is 3.46. The fraction of sp³-hybridized carbons (Fsp3) is 0.273. The van der Waals surface area contributed by atoms with E-state index in [2.05, 4.69) is 50.5 Å². The van der Waals surface area contributed by atoms with E-state index in [1.165, 1.54) is 16.6 Å². The highest BCUT2D eigenvalue weighted by atomic mass is 79.9. The molecule has 1 aromatic carbocycles. The summed E-state index contributed by atoms with van der Waals surface area (Å²) in [6.45, 7) is 1.01. The van der Waals surface area contributed by atoms with E-state index in [0.717, 1.165) is 17.4 Å². The Kier molecular flexibility index (Phi) is 2.89. The Hall–Kier alpha value is -0.800. The third kappa shape index (κ3) is 1.99. The molecule has 1 aromatic heterocycles. The van der Waals surface area contributed by atoms with Crippen molar-refractivity contribution in [1.82, 2.24) is 10.3 Å². The van der Waals surface area contributed by atoms with Gasteiger partial charge in [0.1, 0.15) is 0 Å². The summed E-state index contributed by atoms with van der Waals surface area (Å²) in [6.07, 6.45) is 1.04. The highest BCUT2D eigenvalue weighted by Crippen LogP contribution is 2.20. The first-order valence-corrected chi connectivity index (χ1v) is 5.50. The predicted molar refractivity (Wildman–Crippen MR) is 63.6 cm³/mol. The maximum atomic E-state index is 3.46. The smallest absolute Gasteiger partial charge is 0.0467 e. The summed E-state index contributed by atoms with van der Waals surface area (Å²) in [6, 6.07) is 8.51. The van der Waals surface area contributed by atoms with Crippen molar-refractivity contribution in [3.63, 3.8) is 0 Å². The van der Waals surface area contributed by atoms with Crippen molar-refractivity contribution in [3.8, 4) is 0 Å². The number of benzene rings is 1. The van der Waals surface area contributed by atoms with Crippen molar-refractivity contribution in [2.75, 3.05) is 13.6 Å². The van der Waals surface area contributed by atoms with E-state index in [1.54, 1.807) is 0 Å². The van der Waals surface area contributed by atoms with Crippen LogP contribution < -0.4 is 5.32 Å². The van der Waals surface area contributed by atoms with E-state index in [1.807, 2.05) is 7.05 Å². The van der Waals surface area contributed by atoms with E-state index < -0.39 is 0 Å². The van der Waals surface area contributed by atoms with Crippen molar-refractivity contribution in [3.05, 3.63) is 34.4 Å². The van der Waals surface area contributed by atoms with Crippen LogP contribution >= 0.6 is 15.9 Å². The first-order chi connectivity index (χ1) is 6.79. The van der Waals surface area contributed by atoms with Crippen LogP contribution in [0.15, 0.2) is 28.7 Å². The second-order valence-corrected chi connectivity index (χ2v) is 4.30. The zero-order valence-corrected chi connectivity index (χ0v) is 9.69. The molecule has 0 unspecified atom stereocenters. The molecule has 0 fully saturated rings. The second kappa shape index (κ2) is 4.15. The molecule has 74 valence electrons. The van der Waals surface area contributed by atoms with Gasteiger partial charge in [-0.2, -0.15) is 0 Å². The van der Waals surface area contributed by atoms with Crippen LogP contribution in [-0.2, 0) is 6.42 Å². The zero-order chi connectivity index (χ0) is 9.97. The molecule has 2 aromatic rings. The molecular weight excluding hydrogens is 240 g/mol. The lowest BCUT2D eigenvalue weighted by molar-refractivity contribution is 0.781. The molecule has 0 spiro atoms. The van der Waals surface area contributed by atoms with E-state index in [0.29, 0.717) is 0 Å². The van der Waals surface area contributed by atoms with Gasteiger partial charge in [-0.25, -0.2) is 0 Å². The maximum Gasteiger partial charge on any atom is 0.0467 e. The fourth-order valence-electron chi connectivity index (χ4n) is 1.55. The van der Waals surface area contributed by atoms with Gasteiger partial charge in [-0.05, 0) is 37.1 Å². The third-order valence-electron chi connectivity index (χ3n) is 2.28. The Morgan fingerprint density at radius 2 is 2.21 bits per heavy atom. The van der Waals surface area contributed by atoms with Crippen molar-refractivity contribution < 1.29 is 0 Å². The van der Waals surface area contributed by atoms with Gasteiger partial charge in [0.05, 0.1) is 0 Å². The first-order valence-electron chi connectivity index (χ1n) is 4.71. The average molecular weight is 253 g/mol. The van der Waals surface area contributed by atoms with Crippen molar-refractivity contribution >= 4 is 26.8 Å². The molecule has 0 aliphatic rings. The number of fused-ring (bicyclic) bond motifs is 1. The molecule has 2 N–H and O–H groups in total. The molecule has 2 rings (SSSR count). The highest BCUT2D eigenvalue weighted by Gasteiger charge is 2.00. The van der Waals surface area contributed by atoms with Crippen LogP contribution in [-0.4, -0.2) is 18.6 Å². The Labute approximate surface area is 91.8 Å². The molecule has 0 amide bonds. The summed E-state index contributed by atoms with van der Waals surface area (Å²) in [5, 5.41) is 4.42. The molecule has 2 nitrogen and oxygen atoms in total. The minimum Gasteiger partial charge on any atom is -0.358 e. The van der Waals surface area contributed by atoms with Crippen LogP contribution in [0, 0.1) is 0 Å². The van der Waals surface area contributed by atoms with Crippen LogP contribution in [0.2, 0.25) is 0 Å². The topological polar surface area (TPSA) is 27.8 Å². The molecule has 1 heterocycles. The molecular formula is C11H13BrN2. The minimum absolute atomic E-state index is 1.01. The van der Waals surface area contributed by atoms with E-state index in [4.69, 9.17) is 0 Å². The molecule has 0 saturated heterocycles. The van der Waals surface area contributed by atoms with E-state index in [-0.39, 0.29) is 0 Å². The van der Waals surface area contributed by atoms with Crippen molar-refractivity contribution in [2.24, 2.45) is 0 Å².